The van der Waals surface area contributed by atoms with Gasteiger partial charge in [-0.3, -0.25) is 4.79 Å². The summed E-state index contributed by atoms with van der Waals surface area (Å²) in [5.74, 6) is 0.454. The molecule has 0 fully saturated rings. The van der Waals surface area contributed by atoms with E-state index in [1.165, 1.54) is 12.1 Å². The summed E-state index contributed by atoms with van der Waals surface area (Å²) in [7, 11) is 4.01. The van der Waals surface area contributed by atoms with Crippen molar-refractivity contribution in [2.45, 2.75) is 19.1 Å². The van der Waals surface area contributed by atoms with Crippen LogP contribution in [0.25, 0.3) is 11.0 Å². The predicted octanol–water partition coefficient (Wildman–Crippen LogP) is 3.59. The second kappa shape index (κ2) is 8.65. The lowest BCUT2D eigenvalue weighted by molar-refractivity contribution is -0.137. The Labute approximate surface area is 167 Å². The molecule has 5 nitrogen and oxygen atoms in total. The largest absolute Gasteiger partial charge is 0.416 e. The SMILES string of the molecule is CN(C)CCn1c(CCNC(=O)c2ccc(C(F)(F)F)cc2)nc2ccccc21. The van der Waals surface area contributed by atoms with Gasteiger partial charge < -0.3 is 14.8 Å². The Balaban J connectivity index is 1.66. The van der Waals surface area contributed by atoms with Gasteiger partial charge in [-0.25, -0.2) is 4.98 Å². The van der Waals surface area contributed by atoms with Gasteiger partial charge in [0.1, 0.15) is 5.82 Å². The molecule has 3 rings (SSSR count). The molecule has 0 atom stereocenters. The van der Waals surface area contributed by atoms with Gasteiger partial charge in [0.15, 0.2) is 0 Å². The monoisotopic (exact) mass is 404 g/mol. The van der Waals surface area contributed by atoms with E-state index in [2.05, 4.69) is 19.8 Å². The number of alkyl halides is 3. The van der Waals surface area contributed by atoms with Crippen LogP contribution in [-0.2, 0) is 19.1 Å². The lowest BCUT2D eigenvalue weighted by Crippen LogP contribution is -2.27. The zero-order valence-corrected chi connectivity index (χ0v) is 16.3. The van der Waals surface area contributed by atoms with Crippen molar-refractivity contribution in [2.75, 3.05) is 27.2 Å². The molecule has 0 aliphatic heterocycles. The van der Waals surface area contributed by atoms with Crippen LogP contribution in [0.4, 0.5) is 13.2 Å². The molecule has 1 aromatic heterocycles. The van der Waals surface area contributed by atoms with Crippen LogP contribution in [0.3, 0.4) is 0 Å². The second-order valence-electron chi connectivity index (χ2n) is 7.05. The molecule has 154 valence electrons. The lowest BCUT2D eigenvalue weighted by atomic mass is 10.1. The van der Waals surface area contributed by atoms with Gasteiger partial charge in [-0.1, -0.05) is 12.1 Å². The molecule has 0 bridgehead atoms. The summed E-state index contributed by atoms with van der Waals surface area (Å²) >= 11 is 0. The number of benzene rings is 2. The van der Waals surface area contributed by atoms with Crippen molar-refractivity contribution in [2.24, 2.45) is 0 Å². The number of nitrogens with one attached hydrogen (secondary N) is 1. The van der Waals surface area contributed by atoms with Crippen molar-refractivity contribution in [1.82, 2.24) is 19.8 Å². The van der Waals surface area contributed by atoms with Gasteiger partial charge in [0.2, 0.25) is 0 Å². The van der Waals surface area contributed by atoms with Gasteiger partial charge in [0.05, 0.1) is 16.6 Å². The van der Waals surface area contributed by atoms with Crippen LogP contribution in [0.15, 0.2) is 48.5 Å². The third-order valence-electron chi connectivity index (χ3n) is 4.61. The maximum atomic E-state index is 12.6. The molecule has 2 aromatic carbocycles. The normalized spacial score (nSPS) is 11.9. The Kier molecular flexibility index (Phi) is 6.22. The maximum Gasteiger partial charge on any atom is 0.416 e. The van der Waals surface area contributed by atoms with Gasteiger partial charge in [0, 0.05) is 31.6 Å². The summed E-state index contributed by atoms with van der Waals surface area (Å²) in [5, 5.41) is 2.76. The molecule has 29 heavy (non-hydrogen) atoms. The zero-order chi connectivity index (χ0) is 21.0. The second-order valence-corrected chi connectivity index (χ2v) is 7.05. The number of carbonyl (C=O) groups excluding carboxylic acids is 1. The Morgan fingerprint density at radius 2 is 1.79 bits per heavy atom. The fourth-order valence-electron chi connectivity index (χ4n) is 3.07. The molecule has 3 aromatic rings. The van der Waals surface area contributed by atoms with Crippen LogP contribution >= 0.6 is 0 Å². The van der Waals surface area contributed by atoms with E-state index in [0.717, 1.165) is 42.1 Å². The van der Waals surface area contributed by atoms with Crippen molar-refractivity contribution < 1.29 is 18.0 Å². The van der Waals surface area contributed by atoms with Crippen molar-refractivity contribution in [3.05, 3.63) is 65.5 Å². The number of imidazole rings is 1. The van der Waals surface area contributed by atoms with Crippen LogP contribution in [0, 0.1) is 0 Å². The first-order valence-corrected chi connectivity index (χ1v) is 9.30. The highest BCUT2D eigenvalue weighted by atomic mass is 19.4. The number of para-hydroxylation sites is 2. The summed E-state index contributed by atoms with van der Waals surface area (Å²) < 4.78 is 40.0. The smallest absolute Gasteiger partial charge is 0.352 e. The van der Waals surface area contributed by atoms with Gasteiger partial charge >= 0.3 is 6.18 Å². The standard InChI is InChI=1S/C21H23F3N4O/c1-27(2)13-14-28-18-6-4-3-5-17(18)26-19(28)11-12-25-20(29)15-7-9-16(10-8-15)21(22,23)24/h3-10H,11-14H2,1-2H3,(H,25,29). The van der Waals surface area contributed by atoms with E-state index in [1.54, 1.807) is 0 Å². The molecule has 0 saturated carbocycles. The molecule has 0 aliphatic carbocycles. The van der Waals surface area contributed by atoms with Crippen LogP contribution in [0.2, 0.25) is 0 Å². The van der Waals surface area contributed by atoms with E-state index in [0.29, 0.717) is 13.0 Å². The van der Waals surface area contributed by atoms with E-state index in [1.807, 2.05) is 38.4 Å². The van der Waals surface area contributed by atoms with Crippen LogP contribution in [-0.4, -0.2) is 47.5 Å². The quantitative estimate of drug-likeness (QED) is 0.655. The number of aromatic nitrogens is 2. The minimum absolute atomic E-state index is 0.194. The molecule has 8 heteroatoms. The van der Waals surface area contributed by atoms with E-state index < -0.39 is 17.6 Å². The first-order valence-electron chi connectivity index (χ1n) is 9.30. The summed E-state index contributed by atoms with van der Waals surface area (Å²) in [6, 6.07) is 12.1. The minimum atomic E-state index is -4.42. The summed E-state index contributed by atoms with van der Waals surface area (Å²) in [6.07, 6.45) is -3.89. The number of amides is 1. The number of likely N-dealkylation sites (N-methyl/N-ethyl adjacent to an activating group) is 1. The van der Waals surface area contributed by atoms with Gasteiger partial charge in [-0.05, 0) is 50.5 Å². The topological polar surface area (TPSA) is 50.2 Å². The molecular formula is C21H23F3N4O. The molecule has 1 N–H and O–H groups in total. The highest BCUT2D eigenvalue weighted by molar-refractivity contribution is 5.94. The number of hydrogen-bond donors (Lipinski definition) is 1. The van der Waals surface area contributed by atoms with Crippen LogP contribution < -0.4 is 5.32 Å². The third-order valence-corrected chi connectivity index (χ3v) is 4.61. The number of hydrogen-bond acceptors (Lipinski definition) is 3. The van der Waals surface area contributed by atoms with Crippen molar-refractivity contribution in [3.8, 4) is 0 Å². The van der Waals surface area contributed by atoms with Crippen molar-refractivity contribution in [3.63, 3.8) is 0 Å². The maximum absolute atomic E-state index is 12.6. The summed E-state index contributed by atoms with van der Waals surface area (Å²) in [5.41, 5.74) is 1.36. The van der Waals surface area contributed by atoms with Gasteiger partial charge in [-0.15, -0.1) is 0 Å². The lowest BCUT2D eigenvalue weighted by Gasteiger charge is -2.13. The Morgan fingerprint density at radius 1 is 1.10 bits per heavy atom. The number of fused-ring (bicyclic) bond motifs is 1. The Morgan fingerprint density at radius 3 is 2.45 bits per heavy atom. The van der Waals surface area contributed by atoms with E-state index in [-0.39, 0.29) is 5.56 Å². The van der Waals surface area contributed by atoms with Crippen LogP contribution in [0.1, 0.15) is 21.7 Å². The molecule has 0 unspecified atom stereocenters. The molecule has 1 amide bonds. The Bertz CT molecular complexity index is 978. The van der Waals surface area contributed by atoms with E-state index >= 15 is 0 Å². The molecule has 0 saturated heterocycles. The van der Waals surface area contributed by atoms with Crippen molar-refractivity contribution in [1.29, 1.82) is 0 Å². The summed E-state index contributed by atoms with van der Waals surface area (Å²) in [6.45, 7) is 1.96. The number of nitrogens with zero attached hydrogens (tertiary/aromatic N) is 3. The zero-order valence-electron chi connectivity index (χ0n) is 16.3. The van der Waals surface area contributed by atoms with Gasteiger partial charge in [-0.2, -0.15) is 13.2 Å². The first-order chi connectivity index (χ1) is 13.8. The molecule has 0 spiro atoms. The minimum Gasteiger partial charge on any atom is -0.352 e. The summed E-state index contributed by atoms with van der Waals surface area (Å²) in [4.78, 5) is 19.0. The Hall–Kier alpha value is -2.87. The number of carbonyl (C=O) groups is 1. The molecule has 0 aliphatic rings. The van der Waals surface area contributed by atoms with Crippen molar-refractivity contribution >= 4 is 16.9 Å². The fourth-order valence-corrected chi connectivity index (χ4v) is 3.07. The van der Waals surface area contributed by atoms with E-state index in [4.69, 9.17) is 0 Å². The molecule has 1 heterocycles. The highest BCUT2D eigenvalue weighted by Crippen LogP contribution is 2.29. The van der Waals surface area contributed by atoms with E-state index in [9.17, 15) is 18.0 Å². The number of rotatable bonds is 7. The highest BCUT2D eigenvalue weighted by Gasteiger charge is 2.30. The average Bonchev–Trinajstić information content (AvgIpc) is 3.03. The van der Waals surface area contributed by atoms with Gasteiger partial charge in [0.25, 0.3) is 5.91 Å². The number of halogens is 3. The first kappa shape index (κ1) is 20.9. The van der Waals surface area contributed by atoms with Crippen LogP contribution in [0.5, 0.6) is 0 Å². The fraction of sp³-hybridized carbons (Fsp3) is 0.333. The third kappa shape index (κ3) is 5.14. The average molecular weight is 404 g/mol. The molecule has 0 radical (unpaired) electrons. The molecular weight excluding hydrogens is 381 g/mol. The predicted molar refractivity (Wildman–Crippen MR) is 106 cm³/mol.